The lowest BCUT2D eigenvalue weighted by molar-refractivity contribution is 0.248. The molecular weight excluding hydrogens is 176 g/mol. The van der Waals surface area contributed by atoms with Crippen molar-refractivity contribution >= 4 is 11.7 Å². The Labute approximate surface area is 84.7 Å². The molecule has 0 unspecified atom stereocenters. The maximum atomic E-state index is 11.5. The van der Waals surface area contributed by atoms with Gasteiger partial charge < -0.3 is 5.32 Å². The van der Waals surface area contributed by atoms with Gasteiger partial charge in [-0.25, -0.2) is 4.79 Å². The van der Waals surface area contributed by atoms with Gasteiger partial charge in [-0.05, 0) is 31.5 Å². The van der Waals surface area contributed by atoms with Crippen LogP contribution in [0.4, 0.5) is 10.5 Å². The normalized spacial score (nSPS) is 9.64. The molecule has 0 bridgehead atoms. The third-order valence-electron chi connectivity index (χ3n) is 2.09. The van der Waals surface area contributed by atoms with Crippen LogP contribution in [0.5, 0.6) is 0 Å². The summed E-state index contributed by atoms with van der Waals surface area (Å²) in [6.45, 7) is 4.64. The molecule has 0 aliphatic carbocycles. The Kier molecular flexibility index (Phi) is 3.51. The fourth-order valence-electron chi connectivity index (χ4n) is 1.37. The van der Waals surface area contributed by atoms with Gasteiger partial charge in [-0.15, -0.1) is 0 Å². The highest BCUT2D eigenvalue weighted by molar-refractivity contribution is 5.91. The number of anilines is 1. The third-order valence-corrected chi connectivity index (χ3v) is 2.09. The first-order valence-corrected chi connectivity index (χ1v) is 4.75. The zero-order valence-electron chi connectivity index (χ0n) is 8.87. The van der Waals surface area contributed by atoms with Crippen LogP contribution >= 0.6 is 0 Å². The molecule has 3 nitrogen and oxygen atoms in total. The SMILES string of the molecule is CCN(C(=O)NC)c1cccc(C)c1. The summed E-state index contributed by atoms with van der Waals surface area (Å²) in [6, 6.07) is 7.83. The number of hydrogen-bond donors (Lipinski definition) is 1. The number of carbonyl (C=O) groups is 1. The molecule has 1 aromatic rings. The standard InChI is InChI=1S/C11H16N2O/c1-4-13(11(14)12-3)10-7-5-6-9(2)8-10/h5-8H,4H2,1-3H3,(H,12,14). The summed E-state index contributed by atoms with van der Waals surface area (Å²) in [5.74, 6) is 0. The predicted octanol–water partition coefficient (Wildman–Crippen LogP) is 2.16. The van der Waals surface area contributed by atoms with Gasteiger partial charge in [0.15, 0.2) is 0 Å². The summed E-state index contributed by atoms with van der Waals surface area (Å²) in [5, 5.41) is 2.62. The van der Waals surface area contributed by atoms with E-state index in [0.29, 0.717) is 6.54 Å². The molecule has 0 aliphatic rings. The van der Waals surface area contributed by atoms with Gasteiger partial charge in [0.25, 0.3) is 0 Å². The number of aryl methyl sites for hydroxylation is 1. The van der Waals surface area contributed by atoms with Gasteiger partial charge in [0.05, 0.1) is 0 Å². The molecule has 0 aromatic heterocycles. The van der Waals surface area contributed by atoms with Crippen LogP contribution in [-0.2, 0) is 0 Å². The van der Waals surface area contributed by atoms with Crippen LogP contribution in [0.3, 0.4) is 0 Å². The number of rotatable bonds is 2. The Balaban J connectivity index is 2.94. The Morgan fingerprint density at radius 3 is 2.71 bits per heavy atom. The molecule has 1 N–H and O–H groups in total. The lowest BCUT2D eigenvalue weighted by Gasteiger charge is -2.20. The van der Waals surface area contributed by atoms with Crippen LogP contribution in [0.2, 0.25) is 0 Å². The first-order chi connectivity index (χ1) is 6.69. The lowest BCUT2D eigenvalue weighted by Crippen LogP contribution is -2.37. The molecule has 0 radical (unpaired) electrons. The largest absolute Gasteiger partial charge is 0.341 e. The highest BCUT2D eigenvalue weighted by Crippen LogP contribution is 2.15. The van der Waals surface area contributed by atoms with Crippen LogP contribution in [0.25, 0.3) is 0 Å². The third kappa shape index (κ3) is 2.25. The summed E-state index contributed by atoms with van der Waals surface area (Å²) in [6.07, 6.45) is 0. The van der Waals surface area contributed by atoms with Crippen molar-refractivity contribution in [2.45, 2.75) is 13.8 Å². The number of amides is 2. The number of hydrogen-bond acceptors (Lipinski definition) is 1. The second kappa shape index (κ2) is 4.65. The molecule has 1 rings (SSSR count). The topological polar surface area (TPSA) is 32.3 Å². The summed E-state index contributed by atoms with van der Waals surface area (Å²) >= 11 is 0. The van der Waals surface area contributed by atoms with E-state index in [4.69, 9.17) is 0 Å². The van der Waals surface area contributed by atoms with Gasteiger partial charge in [-0.2, -0.15) is 0 Å². The van der Waals surface area contributed by atoms with Crippen LogP contribution < -0.4 is 10.2 Å². The molecule has 0 saturated heterocycles. The van der Waals surface area contributed by atoms with E-state index in [0.717, 1.165) is 11.3 Å². The second-order valence-electron chi connectivity index (χ2n) is 3.14. The van der Waals surface area contributed by atoms with E-state index in [2.05, 4.69) is 5.32 Å². The molecule has 2 amide bonds. The van der Waals surface area contributed by atoms with E-state index in [1.54, 1.807) is 11.9 Å². The van der Waals surface area contributed by atoms with Crippen molar-refractivity contribution in [1.82, 2.24) is 5.32 Å². The minimum absolute atomic E-state index is 0.0712. The minimum Gasteiger partial charge on any atom is -0.341 e. The van der Waals surface area contributed by atoms with Crippen LogP contribution in [0.15, 0.2) is 24.3 Å². The number of urea groups is 1. The van der Waals surface area contributed by atoms with Gasteiger partial charge in [0, 0.05) is 19.3 Å². The Bertz CT molecular complexity index is 323. The number of carbonyl (C=O) groups excluding carboxylic acids is 1. The summed E-state index contributed by atoms with van der Waals surface area (Å²) < 4.78 is 0. The molecule has 0 spiro atoms. The van der Waals surface area contributed by atoms with Crippen molar-refractivity contribution in [3.63, 3.8) is 0 Å². The van der Waals surface area contributed by atoms with Crippen LogP contribution in [-0.4, -0.2) is 19.6 Å². The molecule has 76 valence electrons. The molecule has 0 heterocycles. The zero-order valence-corrected chi connectivity index (χ0v) is 8.87. The fourth-order valence-corrected chi connectivity index (χ4v) is 1.37. The Morgan fingerprint density at radius 2 is 2.21 bits per heavy atom. The summed E-state index contributed by atoms with van der Waals surface area (Å²) in [7, 11) is 1.64. The van der Waals surface area contributed by atoms with Gasteiger partial charge in [-0.1, -0.05) is 12.1 Å². The first-order valence-electron chi connectivity index (χ1n) is 4.75. The van der Waals surface area contributed by atoms with E-state index in [9.17, 15) is 4.79 Å². The Hall–Kier alpha value is -1.51. The zero-order chi connectivity index (χ0) is 10.6. The van der Waals surface area contributed by atoms with E-state index in [-0.39, 0.29) is 6.03 Å². The molecular formula is C11H16N2O. The average Bonchev–Trinajstić information content (AvgIpc) is 2.19. The maximum absolute atomic E-state index is 11.5. The van der Waals surface area contributed by atoms with Crippen molar-refractivity contribution in [3.05, 3.63) is 29.8 Å². The van der Waals surface area contributed by atoms with Gasteiger partial charge in [-0.3, -0.25) is 4.90 Å². The number of nitrogens with one attached hydrogen (secondary N) is 1. The van der Waals surface area contributed by atoms with E-state index in [1.165, 1.54) is 0 Å². The predicted molar refractivity (Wildman–Crippen MR) is 58.7 cm³/mol. The van der Waals surface area contributed by atoms with E-state index >= 15 is 0 Å². The van der Waals surface area contributed by atoms with Gasteiger partial charge >= 0.3 is 6.03 Å². The van der Waals surface area contributed by atoms with Crippen LogP contribution in [0.1, 0.15) is 12.5 Å². The number of nitrogens with zero attached hydrogens (tertiary/aromatic N) is 1. The smallest absolute Gasteiger partial charge is 0.321 e. The molecule has 0 atom stereocenters. The molecule has 14 heavy (non-hydrogen) atoms. The summed E-state index contributed by atoms with van der Waals surface area (Å²) in [5.41, 5.74) is 2.09. The lowest BCUT2D eigenvalue weighted by atomic mass is 10.2. The van der Waals surface area contributed by atoms with Crippen molar-refractivity contribution in [1.29, 1.82) is 0 Å². The molecule has 3 heteroatoms. The van der Waals surface area contributed by atoms with Crippen molar-refractivity contribution in [3.8, 4) is 0 Å². The first kappa shape index (κ1) is 10.6. The highest BCUT2D eigenvalue weighted by Gasteiger charge is 2.10. The van der Waals surface area contributed by atoms with Gasteiger partial charge in [0.1, 0.15) is 0 Å². The monoisotopic (exact) mass is 192 g/mol. The molecule has 1 aromatic carbocycles. The maximum Gasteiger partial charge on any atom is 0.321 e. The number of benzene rings is 1. The van der Waals surface area contributed by atoms with E-state index in [1.807, 2.05) is 38.1 Å². The molecule has 0 saturated carbocycles. The highest BCUT2D eigenvalue weighted by atomic mass is 16.2. The quantitative estimate of drug-likeness (QED) is 0.765. The van der Waals surface area contributed by atoms with Crippen molar-refractivity contribution in [2.75, 3.05) is 18.5 Å². The van der Waals surface area contributed by atoms with Gasteiger partial charge in [0.2, 0.25) is 0 Å². The van der Waals surface area contributed by atoms with Crippen molar-refractivity contribution < 1.29 is 4.79 Å². The molecule has 0 aliphatic heterocycles. The fraction of sp³-hybridized carbons (Fsp3) is 0.364. The Morgan fingerprint density at radius 1 is 1.50 bits per heavy atom. The minimum atomic E-state index is -0.0712. The summed E-state index contributed by atoms with van der Waals surface area (Å²) in [4.78, 5) is 13.2. The average molecular weight is 192 g/mol. The second-order valence-corrected chi connectivity index (χ2v) is 3.14. The van der Waals surface area contributed by atoms with Crippen LogP contribution in [0, 0.1) is 6.92 Å². The molecule has 0 fully saturated rings. The van der Waals surface area contributed by atoms with E-state index < -0.39 is 0 Å². The van der Waals surface area contributed by atoms with Crippen molar-refractivity contribution in [2.24, 2.45) is 0 Å².